The Morgan fingerprint density at radius 2 is 1.65 bits per heavy atom. The first-order chi connectivity index (χ1) is 12.6. The summed E-state index contributed by atoms with van der Waals surface area (Å²) >= 11 is 3.16. The Morgan fingerprint density at radius 3 is 2.31 bits per heavy atom. The first-order valence-electron chi connectivity index (χ1n) is 8.31. The zero-order valence-electron chi connectivity index (χ0n) is 14.5. The Labute approximate surface area is 159 Å². The van der Waals surface area contributed by atoms with Crippen molar-refractivity contribution in [2.75, 3.05) is 12.4 Å². The van der Waals surface area contributed by atoms with Crippen LogP contribution in [0.1, 0.15) is 11.9 Å². The SMILES string of the molecule is CC(C(=O)Nc1nc2ccccc2s1)N(C)Cc1nc2ccccc2s1. The number of rotatable bonds is 5. The molecule has 0 aliphatic rings. The van der Waals surface area contributed by atoms with Crippen LogP contribution in [0, 0.1) is 0 Å². The number of thiazole rings is 2. The molecule has 5 nitrogen and oxygen atoms in total. The summed E-state index contributed by atoms with van der Waals surface area (Å²) in [6, 6.07) is 15.7. The predicted molar refractivity (Wildman–Crippen MR) is 109 cm³/mol. The normalized spacial score (nSPS) is 12.7. The number of para-hydroxylation sites is 2. The number of hydrogen-bond acceptors (Lipinski definition) is 6. The second kappa shape index (κ2) is 7.11. The minimum absolute atomic E-state index is 0.0623. The summed E-state index contributed by atoms with van der Waals surface area (Å²) in [5, 5.41) is 4.58. The van der Waals surface area contributed by atoms with E-state index in [9.17, 15) is 4.79 Å². The molecule has 1 amide bonds. The van der Waals surface area contributed by atoms with Gasteiger partial charge in [-0.1, -0.05) is 35.6 Å². The van der Waals surface area contributed by atoms with Crippen molar-refractivity contribution in [1.29, 1.82) is 0 Å². The predicted octanol–water partition coefficient (Wildman–Crippen LogP) is 4.37. The molecule has 0 saturated heterocycles. The molecule has 2 aromatic carbocycles. The molecule has 2 heterocycles. The van der Waals surface area contributed by atoms with Crippen LogP contribution in [0.25, 0.3) is 20.4 Å². The van der Waals surface area contributed by atoms with E-state index in [2.05, 4.69) is 21.4 Å². The summed E-state index contributed by atoms with van der Waals surface area (Å²) < 4.78 is 2.24. The molecule has 132 valence electrons. The Kier molecular flexibility index (Phi) is 4.67. The fourth-order valence-electron chi connectivity index (χ4n) is 2.67. The van der Waals surface area contributed by atoms with Crippen LogP contribution >= 0.6 is 22.7 Å². The highest BCUT2D eigenvalue weighted by Gasteiger charge is 2.20. The van der Waals surface area contributed by atoms with Gasteiger partial charge in [0.05, 0.1) is 33.0 Å². The van der Waals surface area contributed by atoms with E-state index >= 15 is 0 Å². The number of nitrogens with one attached hydrogen (secondary N) is 1. The molecule has 0 bridgehead atoms. The van der Waals surface area contributed by atoms with Gasteiger partial charge in [-0.15, -0.1) is 11.3 Å². The van der Waals surface area contributed by atoms with Gasteiger partial charge in [0, 0.05) is 0 Å². The lowest BCUT2D eigenvalue weighted by Crippen LogP contribution is -2.39. The molecular formula is C19H18N4OS2. The van der Waals surface area contributed by atoms with Crippen molar-refractivity contribution in [2.45, 2.75) is 19.5 Å². The van der Waals surface area contributed by atoms with Gasteiger partial charge in [-0.2, -0.15) is 0 Å². The van der Waals surface area contributed by atoms with Crippen LogP contribution in [0.2, 0.25) is 0 Å². The van der Waals surface area contributed by atoms with E-state index in [-0.39, 0.29) is 11.9 Å². The quantitative estimate of drug-likeness (QED) is 0.557. The van der Waals surface area contributed by atoms with E-state index in [1.807, 2.05) is 61.3 Å². The Hall–Kier alpha value is -2.35. The minimum Gasteiger partial charge on any atom is -0.301 e. The molecule has 1 atom stereocenters. The van der Waals surface area contributed by atoms with Crippen LogP contribution in [0.5, 0.6) is 0 Å². The van der Waals surface area contributed by atoms with Crippen molar-refractivity contribution < 1.29 is 4.79 Å². The molecule has 0 fully saturated rings. The zero-order chi connectivity index (χ0) is 18.1. The van der Waals surface area contributed by atoms with E-state index < -0.39 is 0 Å². The lowest BCUT2D eigenvalue weighted by molar-refractivity contribution is -0.120. The summed E-state index contributed by atoms with van der Waals surface area (Å²) in [7, 11) is 1.94. The van der Waals surface area contributed by atoms with Crippen LogP contribution in [0.15, 0.2) is 48.5 Å². The molecule has 0 aliphatic heterocycles. The van der Waals surface area contributed by atoms with Gasteiger partial charge in [0.25, 0.3) is 0 Å². The number of fused-ring (bicyclic) bond motifs is 2. The third-order valence-corrected chi connectivity index (χ3v) is 6.26. The summed E-state index contributed by atoms with van der Waals surface area (Å²) in [5.41, 5.74) is 1.91. The number of carbonyl (C=O) groups excluding carboxylic acids is 1. The van der Waals surface area contributed by atoms with Crippen molar-refractivity contribution in [2.24, 2.45) is 0 Å². The maximum Gasteiger partial charge on any atom is 0.243 e. The molecule has 0 radical (unpaired) electrons. The third kappa shape index (κ3) is 3.46. The van der Waals surface area contributed by atoms with Crippen molar-refractivity contribution >= 4 is 54.1 Å². The highest BCUT2D eigenvalue weighted by atomic mass is 32.1. The molecule has 0 saturated carbocycles. The van der Waals surface area contributed by atoms with Crippen LogP contribution in [0.4, 0.5) is 5.13 Å². The highest BCUT2D eigenvalue weighted by Crippen LogP contribution is 2.26. The van der Waals surface area contributed by atoms with E-state index in [1.165, 1.54) is 16.0 Å². The Morgan fingerprint density at radius 1 is 1.04 bits per heavy atom. The lowest BCUT2D eigenvalue weighted by atomic mass is 10.3. The minimum atomic E-state index is -0.283. The van der Waals surface area contributed by atoms with Gasteiger partial charge in [-0.3, -0.25) is 9.69 Å². The molecule has 0 spiro atoms. The number of likely N-dealkylation sites (N-methyl/N-ethyl adjacent to an activating group) is 1. The fourth-order valence-corrected chi connectivity index (χ4v) is 4.57. The monoisotopic (exact) mass is 382 g/mol. The molecule has 1 N–H and O–H groups in total. The van der Waals surface area contributed by atoms with Crippen LogP contribution in [0.3, 0.4) is 0 Å². The third-order valence-electron chi connectivity index (χ3n) is 4.29. The first-order valence-corrected chi connectivity index (χ1v) is 9.94. The molecule has 4 aromatic rings. The summed E-state index contributed by atoms with van der Waals surface area (Å²) in [6.45, 7) is 2.53. The number of benzene rings is 2. The van der Waals surface area contributed by atoms with Crippen molar-refractivity contribution in [1.82, 2.24) is 14.9 Å². The second-order valence-electron chi connectivity index (χ2n) is 6.14. The summed E-state index contributed by atoms with van der Waals surface area (Å²) in [5.74, 6) is -0.0623. The average Bonchev–Trinajstić information content (AvgIpc) is 3.23. The molecule has 1 unspecified atom stereocenters. The maximum atomic E-state index is 12.6. The fraction of sp³-hybridized carbons (Fsp3) is 0.211. The highest BCUT2D eigenvalue weighted by molar-refractivity contribution is 7.22. The molecule has 2 aromatic heterocycles. The molecular weight excluding hydrogens is 364 g/mol. The average molecular weight is 383 g/mol. The largest absolute Gasteiger partial charge is 0.301 e. The first kappa shape index (κ1) is 17.1. The lowest BCUT2D eigenvalue weighted by Gasteiger charge is -2.22. The van der Waals surface area contributed by atoms with Gasteiger partial charge in [-0.25, -0.2) is 9.97 Å². The summed E-state index contributed by atoms with van der Waals surface area (Å²) in [6.07, 6.45) is 0. The topological polar surface area (TPSA) is 58.1 Å². The maximum absolute atomic E-state index is 12.6. The van der Waals surface area contributed by atoms with E-state index in [4.69, 9.17) is 0 Å². The number of amides is 1. The molecule has 0 aliphatic carbocycles. The number of carbonyl (C=O) groups is 1. The second-order valence-corrected chi connectivity index (χ2v) is 8.29. The smallest absolute Gasteiger partial charge is 0.243 e. The van der Waals surface area contributed by atoms with Crippen LogP contribution in [-0.4, -0.2) is 33.9 Å². The van der Waals surface area contributed by atoms with Crippen molar-refractivity contribution in [3.63, 3.8) is 0 Å². The van der Waals surface area contributed by atoms with E-state index in [1.54, 1.807) is 11.3 Å². The van der Waals surface area contributed by atoms with E-state index in [0.29, 0.717) is 11.7 Å². The zero-order valence-corrected chi connectivity index (χ0v) is 16.1. The number of aromatic nitrogens is 2. The molecule has 26 heavy (non-hydrogen) atoms. The van der Waals surface area contributed by atoms with Gasteiger partial charge in [-0.05, 0) is 38.2 Å². The Bertz CT molecular complexity index is 1010. The Balaban J connectivity index is 1.43. The van der Waals surface area contributed by atoms with Gasteiger partial charge in [0.1, 0.15) is 5.01 Å². The number of nitrogens with zero attached hydrogens (tertiary/aromatic N) is 3. The number of hydrogen-bond donors (Lipinski definition) is 1. The molecule has 4 rings (SSSR count). The molecule has 7 heteroatoms. The number of anilines is 1. The van der Waals surface area contributed by atoms with Gasteiger partial charge in [0.2, 0.25) is 5.91 Å². The van der Waals surface area contributed by atoms with Crippen LogP contribution in [-0.2, 0) is 11.3 Å². The van der Waals surface area contributed by atoms with Gasteiger partial charge < -0.3 is 5.32 Å². The standard InChI is InChI=1S/C19H18N4OS2/c1-12(18(24)22-19-21-14-8-4-6-10-16(14)26-19)23(2)11-17-20-13-7-3-5-9-15(13)25-17/h3-10,12H,11H2,1-2H3,(H,21,22,24). The van der Waals surface area contributed by atoms with Crippen molar-refractivity contribution in [3.05, 3.63) is 53.5 Å². The van der Waals surface area contributed by atoms with Gasteiger partial charge >= 0.3 is 0 Å². The van der Waals surface area contributed by atoms with Crippen molar-refractivity contribution in [3.8, 4) is 0 Å². The summed E-state index contributed by atoms with van der Waals surface area (Å²) in [4.78, 5) is 23.7. The van der Waals surface area contributed by atoms with Gasteiger partial charge in [0.15, 0.2) is 5.13 Å². The van der Waals surface area contributed by atoms with Crippen LogP contribution < -0.4 is 5.32 Å². The van der Waals surface area contributed by atoms with E-state index in [0.717, 1.165) is 20.7 Å².